The summed E-state index contributed by atoms with van der Waals surface area (Å²) in [7, 11) is 6.14. The lowest BCUT2D eigenvalue weighted by atomic mass is 9.75. The number of carbonyl (C=O) groups is 1. The van der Waals surface area contributed by atoms with Crippen molar-refractivity contribution in [3.63, 3.8) is 0 Å². The Labute approximate surface area is 114 Å². The highest BCUT2D eigenvalue weighted by molar-refractivity contribution is 5.77. The van der Waals surface area contributed by atoms with Gasteiger partial charge in [0.1, 0.15) is 12.1 Å². The van der Waals surface area contributed by atoms with Gasteiger partial charge in [-0.2, -0.15) is 0 Å². The van der Waals surface area contributed by atoms with Crippen molar-refractivity contribution in [2.75, 3.05) is 32.6 Å². The first-order valence-corrected chi connectivity index (χ1v) is 6.61. The summed E-state index contributed by atoms with van der Waals surface area (Å²) >= 11 is 0. The monoisotopic (exact) mass is 264 g/mol. The second kappa shape index (κ2) is 5.29. The molecule has 104 valence electrons. The molecule has 0 aromatic heterocycles. The van der Waals surface area contributed by atoms with Crippen LogP contribution in [0.5, 0.6) is 0 Å². The van der Waals surface area contributed by atoms with Crippen LogP contribution in [0, 0.1) is 5.82 Å². The Morgan fingerprint density at radius 1 is 1.26 bits per heavy atom. The third-order valence-corrected chi connectivity index (χ3v) is 4.25. The van der Waals surface area contributed by atoms with Crippen LogP contribution in [0.4, 0.5) is 10.1 Å². The van der Waals surface area contributed by atoms with Crippen molar-refractivity contribution in [1.82, 2.24) is 4.90 Å². The van der Waals surface area contributed by atoms with E-state index in [2.05, 4.69) is 19.0 Å². The number of carbonyl (C=O) groups excluding carboxylic acids is 1. The minimum Gasteiger partial charge on any atom is -0.373 e. The van der Waals surface area contributed by atoms with E-state index in [4.69, 9.17) is 0 Å². The Balaban J connectivity index is 2.17. The van der Waals surface area contributed by atoms with E-state index >= 15 is 0 Å². The zero-order valence-corrected chi connectivity index (χ0v) is 11.8. The average molecular weight is 264 g/mol. The maximum atomic E-state index is 13.5. The second-order valence-electron chi connectivity index (χ2n) is 5.69. The predicted octanol–water partition coefficient (Wildman–Crippen LogP) is 2.56. The van der Waals surface area contributed by atoms with E-state index in [1.807, 2.05) is 11.9 Å². The lowest BCUT2D eigenvalue weighted by molar-refractivity contribution is 0.0683. The summed E-state index contributed by atoms with van der Waals surface area (Å²) in [6.07, 6.45) is 4.26. The molecular weight excluding hydrogens is 243 g/mol. The standard InChI is InChI=1S/C15H21FN2O/c1-17(2)15(5-4-6-15)11-18(3)14-8-12(10-19)7-13(16)9-14/h7-10H,4-6,11H2,1-3H3. The number of aldehydes is 1. The summed E-state index contributed by atoms with van der Waals surface area (Å²) in [6, 6.07) is 4.47. The molecule has 1 aromatic carbocycles. The molecule has 1 aromatic rings. The van der Waals surface area contributed by atoms with Crippen LogP contribution in [-0.2, 0) is 0 Å². The van der Waals surface area contributed by atoms with Gasteiger partial charge in [0.15, 0.2) is 0 Å². The van der Waals surface area contributed by atoms with Crippen LogP contribution in [0.1, 0.15) is 29.6 Å². The SMILES string of the molecule is CN(CC1(N(C)C)CCC1)c1cc(F)cc(C=O)c1. The van der Waals surface area contributed by atoms with Gasteiger partial charge in [-0.1, -0.05) is 0 Å². The highest BCUT2D eigenvalue weighted by Gasteiger charge is 2.39. The number of halogens is 1. The number of hydrogen-bond acceptors (Lipinski definition) is 3. The molecule has 4 heteroatoms. The molecule has 0 radical (unpaired) electrons. The molecule has 0 N–H and O–H groups in total. The van der Waals surface area contributed by atoms with E-state index in [1.54, 1.807) is 6.07 Å². The summed E-state index contributed by atoms with van der Waals surface area (Å²) in [6.45, 7) is 0.849. The Bertz CT molecular complexity index is 469. The van der Waals surface area contributed by atoms with Gasteiger partial charge < -0.3 is 9.80 Å². The molecule has 0 spiro atoms. The van der Waals surface area contributed by atoms with Crippen LogP contribution in [-0.4, -0.2) is 44.4 Å². The quantitative estimate of drug-likeness (QED) is 0.764. The molecular formula is C15H21FN2O. The Morgan fingerprint density at radius 3 is 2.42 bits per heavy atom. The zero-order chi connectivity index (χ0) is 14.0. The van der Waals surface area contributed by atoms with Crippen LogP contribution >= 0.6 is 0 Å². The molecule has 1 saturated carbocycles. The summed E-state index contributed by atoms with van der Waals surface area (Å²) in [5, 5.41) is 0. The average Bonchev–Trinajstić information content (AvgIpc) is 2.32. The fourth-order valence-corrected chi connectivity index (χ4v) is 2.75. The predicted molar refractivity (Wildman–Crippen MR) is 75.3 cm³/mol. The minimum absolute atomic E-state index is 0.183. The Morgan fingerprint density at radius 2 is 1.95 bits per heavy atom. The summed E-state index contributed by atoms with van der Waals surface area (Å²) in [5.74, 6) is -0.362. The first kappa shape index (κ1) is 14.0. The molecule has 2 rings (SSSR count). The second-order valence-corrected chi connectivity index (χ2v) is 5.69. The van der Waals surface area contributed by atoms with Crippen molar-refractivity contribution < 1.29 is 9.18 Å². The van der Waals surface area contributed by atoms with Crippen molar-refractivity contribution >= 4 is 12.0 Å². The lowest BCUT2D eigenvalue weighted by Gasteiger charge is -2.49. The highest BCUT2D eigenvalue weighted by Crippen LogP contribution is 2.37. The summed E-state index contributed by atoms with van der Waals surface area (Å²) in [4.78, 5) is 15.1. The van der Waals surface area contributed by atoms with Crippen molar-refractivity contribution in [3.05, 3.63) is 29.6 Å². The minimum atomic E-state index is -0.362. The lowest BCUT2D eigenvalue weighted by Crippen LogP contribution is -2.56. The maximum absolute atomic E-state index is 13.5. The zero-order valence-electron chi connectivity index (χ0n) is 11.8. The van der Waals surface area contributed by atoms with Gasteiger partial charge in [-0.25, -0.2) is 4.39 Å². The third-order valence-electron chi connectivity index (χ3n) is 4.25. The molecule has 1 aliphatic rings. The van der Waals surface area contributed by atoms with E-state index in [0.29, 0.717) is 11.8 Å². The first-order chi connectivity index (χ1) is 8.97. The van der Waals surface area contributed by atoms with E-state index < -0.39 is 0 Å². The van der Waals surface area contributed by atoms with Gasteiger partial charge in [0.05, 0.1) is 0 Å². The molecule has 0 atom stereocenters. The Kier molecular flexibility index (Phi) is 3.90. The van der Waals surface area contributed by atoms with Gasteiger partial charge in [0, 0.05) is 30.4 Å². The molecule has 0 aliphatic heterocycles. The molecule has 0 heterocycles. The van der Waals surface area contributed by atoms with Crippen molar-refractivity contribution in [1.29, 1.82) is 0 Å². The van der Waals surface area contributed by atoms with Gasteiger partial charge in [-0.3, -0.25) is 4.79 Å². The molecule has 0 saturated heterocycles. The number of benzene rings is 1. The summed E-state index contributed by atoms with van der Waals surface area (Å²) in [5.41, 5.74) is 1.33. The van der Waals surface area contributed by atoms with E-state index in [-0.39, 0.29) is 11.4 Å². The number of likely N-dealkylation sites (N-methyl/N-ethyl adjacent to an activating group) is 2. The first-order valence-electron chi connectivity index (χ1n) is 6.61. The number of anilines is 1. The Hall–Kier alpha value is -1.42. The smallest absolute Gasteiger partial charge is 0.150 e. The van der Waals surface area contributed by atoms with Gasteiger partial charge >= 0.3 is 0 Å². The number of rotatable bonds is 5. The van der Waals surface area contributed by atoms with Crippen LogP contribution in [0.2, 0.25) is 0 Å². The van der Waals surface area contributed by atoms with Gasteiger partial charge in [-0.05, 0) is 51.6 Å². The van der Waals surface area contributed by atoms with E-state index in [1.165, 1.54) is 31.4 Å². The van der Waals surface area contributed by atoms with Gasteiger partial charge in [-0.15, -0.1) is 0 Å². The largest absolute Gasteiger partial charge is 0.373 e. The van der Waals surface area contributed by atoms with Crippen molar-refractivity contribution in [2.24, 2.45) is 0 Å². The molecule has 0 amide bonds. The molecule has 1 fully saturated rings. The normalized spacial score (nSPS) is 17.1. The van der Waals surface area contributed by atoms with Gasteiger partial charge in [0.2, 0.25) is 0 Å². The topological polar surface area (TPSA) is 23.6 Å². The highest BCUT2D eigenvalue weighted by atomic mass is 19.1. The summed E-state index contributed by atoms with van der Waals surface area (Å²) < 4.78 is 13.5. The molecule has 3 nitrogen and oxygen atoms in total. The van der Waals surface area contributed by atoms with Crippen molar-refractivity contribution in [3.8, 4) is 0 Å². The van der Waals surface area contributed by atoms with Crippen LogP contribution in [0.3, 0.4) is 0 Å². The van der Waals surface area contributed by atoms with E-state index in [0.717, 1.165) is 12.2 Å². The molecule has 0 bridgehead atoms. The van der Waals surface area contributed by atoms with Crippen molar-refractivity contribution in [2.45, 2.75) is 24.8 Å². The van der Waals surface area contributed by atoms with Crippen LogP contribution in [0.15, 0.2) is 18.2 Å². The fraction of sp³-hybridized carbons (Fsp3) is 0.533. The molecule has 1 aliphatic carbocycles. The maximum Gasteiger partial charge on any atom is 0.150 e. The third kappa shape index (κ3) is 2.78. The van der Waals surface area contributed by atoms with Crippen LogP contribution in [0.25, 0.3) is 0 Å². The van der Waals surface area contributed by atoms with Crippen LogP contribution < -0.4 is 4.90 Å². The fourth-order valence-electron chi connectivity index (χ4n) is 2.75. The van der Waals surface area contributed by atoms with E-state index in [9.17, 15) is 9.18 Å². The molecule has 19 heavy (non-hydrogen) atoms. The van der Waals surface area contributed by atoms with Gasteiger partial charge in [0.25, 0.3) is 0 Å². The molecule has 0 unspecified atom stereocenters. The number of nitrogens with zero attached hydrogens (tertiary/aromatic N) is 2. The number of hydrogen-bond donors (Lipinski definition) is 0.